The highest BCUT2D eigenvalue weighted by Crippen LogP contribution is 2.21. The number of hydrogen-bond acceptors (Lipinski definition) is 3. The number of amides is 1. The molecule has 1 unspecified atom stereocenters. The molecule has 0 saturated carbocycles. The number of ether oxygens (including phenoxy) is 1. The Hall–Kier alpha value is -1.52. The molecular weight excluding hydrogens is 234 g/mol. The third kappa shape index (κ3) is 4.77. The summed E-state index contributed by atoms with van der Waals surface area (Å²) >= 11 is 0. The second-order valence-electron chi connectivity index (χ2n) is 5.44. The van der Waals surface area contributed by atoms with Crippen molar-refractivity contribution in [2.24, 2.45) is 0 Å². The Kier molecular flexibility index (Phi) is 4.76. The molecule has 1 atom stereocenters. The molecule has 0 fully saturated rings. The zero-order valence-corrected chi connectivity index (χ0v) is 11.2. The summed E-state index contributed by atoms with van der Waals surface area (Å²) < 4.78 is 5.07. The normalized spacial score (nSPS) is 17.6. The van der Waals surface area contributed by atoms with Gasteiger partial charge in [0.05, 0.1) is 0 Å². The molecule has 1 amide bonds. The van der Waals surface area contributed by atoms with E-state index in [2.05, 4.69) is 5.32 Å². The molecule has 102 valence electrons. The maximum Gasteiger partial charge on any atom is 0.408 e. The van der Waals surface area contributed by atoms with Gasteiger partial charge in [-0.1, -0.05) is 6.08 Å². The van der Waals surface area contributed by atoms with Crippen LogP contribution in [-0.4, -0.2) is 28.8 Å². The molecule has 0 saturated heterocycles. The maximum atomic E-state index is 11.6. The van der Waals surface area contributed by atoms with Gasteiger partial charge >= 0.3 is 12.1 Å². The number of allylic oxidation sites excluding steroid dienone is 1. The van der Waals surface area contributed by atoms with Crippen LogP contribution in [0.25, 0.3) is 0 Å². The van der Waals surface area contributed by atoms with Crippen LogP contribution in [0.2, 0.25) is 0 Å². The van der Waals surface area contributed by atoms with E-state index in [-0.39, 0.29) is 0 Å². The van der Waals surface area contributed by atoms with E-state index >= 15 is 0 Å². The van der Waals surface area contributed by atoms with E-state index in [1.807, 2.05) is 6.08 Å². The Morgan fingerprint density at radius 3 is 2.50 bits per heavy atom. The molecule has 0 aliphatic heterocycles. The van der Waals surface area contributed by atoms with Gasteiger partial charge in [-0.15, -0.1) is 0 Å². The molecule has 1 aliphatic rings. The van der Waals surface area contributed by atoms with Crippen molar-refractivity contribution in [2.75, 3.05) is 0 Å². The molecule has 1 rings (SSSR count). The average molecular weight is 255 g/mol. The first-order valence-corrected chi connectivity index (χ1v) is 6.21. The molecule has 5 nitrogen and oxygen atoms in total. The van der Waals surface area contributed by atoms with Gasteiger partial charge in [0, 0.05) is 0 Å². The summed E-state index contributed by atoms with van der Waals surface area (Å²) in [6.07, 6.45) is 4.83. The molecule has 0 aromatic carbocycles. The summed E-state index contributed by atoms with van der Waals surface area (Å²) in [6.45, 7) is 5.21. The Morgan fingerprint density at radius 2 is 2.06 bits per heavy atom. The first-order chi connectivity index (χ1) is 8.29. The SMILES string of the molecule is CC(C)(C)OC(=O)NC(C(=O)O)C1=CCCCC1. The van der Waals surface area contributed by atoms with Crippen molar-refractivity contribution in [3.8, 4) is 0 Å². The fourth-order valence-electron chi connectivity index (χ4n) is 1.86. The smallest absolute Gasteiger partial charge is 0.408 e. The molecule has 18 heavy (non-hydrogen) atoms. The molecular formula is C13H21NO4. The summed E-state index contributed by atoms with van der Waals surface area (Å²) in [4.78, 5) is 22.8. The van der Waals surface area contributed by atoms with Gasteiger partial charge in [-0.3, -0.25) is 0 Å². The molecule has 0 spiro atoms. The van der Waals surface area contributed by atoms with Crippen molar-refractivity contribution in [1.82, 2.24) is 5.32 Å². The summed E-state index contributed by atoms with van der Waals surface area (Å²) in [5, 5.41) is 11.6. The Balaban J connectivity index is 2.66. The van der Waals surface area contributed by atoms with Crippen LogP contribution in [0.4, 0.5) is 4.79 Å². The zero-order chi connectivity index (χ0) is 13.8. The highest BCUT2D eigenvalue weighted by atomic mass is 16.6. The molecule has 5 heteroatoms. The van der Waals surface area contributed by atoms with Gasteiger partial charge in [-0.2, -0.15) is 0 Å². The number of alkyl carbamates (subject to hydrolysis) is 1. The monoisotopic (exact) mass is 255 g/mol. The molecule has 0 heterocycles. The third-order valence-corrected chi connectivity index (χ3v) is 2.60. The van der Waals surface area contributed by atoms with Crippen LogP contribution in [0.15, 0.2) is 11.6 Å². The van der Waals surface area contributed by atoms with E-state index in [0.717, 1.165) is 24.8 Å². The minimum atomic E-state index is -1.05. The van der Waals surface area contributed by atoms with Crippen molar-refractivity contribution >= 4 is 12.1 Å². The second-order valence-corrected chi connectivity index (χ2v) is 5.44. The van der Waals surface area contributed by atoms with Crippen LogP contribution < -0.4 is 5.32 Å². The Labute approximate surface area is 107 Å². The largest absolute Gasteiger partial charge is 0.479 e. The first-order valence-electron chi connectivity index (χ1n) is 6.21. The van der Waals surface area contributed by atoms with Gasteiger partial charge in [0.25, 0.3) is 0 Å². The van der Waals surface area contributed by atoms with Crippen molar-refractivity contribution in [3.05, 3.63) is 11.6 Å². The maximum absolute atomic E-state index is 11.6. The van der Waals surface area contributed by atoms with E-state index in [1.54, 1.807) is 20.8 Å². The highest BCUT2D eigenvalue weighted by molar-refractivity contribution is 5.83. The van der Waals surface area contributed by atoms with E-state index in [9.17, 15) is 9.59 Å². The van der Waals surface area contributed by atoms with E-state index < -0.39 is 23.7 Å². The average Bonchev–Trinajstić information content (AvgIpc) is 2.24. The number of carboxylic acids is 1. The van der Waals surface area contributed by atoms with Gasteiger partial charge < -0.3 is 15.2 Å². The quantitative estimate of drug-likeness (QED) is 0.759. The van der Waals surface area contributed by atoms with Gasteiger partial charge in [0.2, 0.25) is 0 Å². The fourth-order valence-corrected chi connectivity index (χ4v) is 1.86. The van der Waals surface area contributed by atoms with Crippen molar-refractivity contribution in [3.63, 3.8) is 0 Å². The number of carbonyl (C=O) groups is 2. The van der Waals surface area contributed by atoms with Crippen LogP contribution >= 0.6 is 0 Å². The third-order valence-electron chi connectivity index (χ3n) is 2.60. The summed E-state index contributed by atoms with van der Waals surface area (Å²) in [6, 6.07) is -0.972. The van der Waals surface area contributed by atoms with Gasteiger partial charge in [0.15, 0.2) is 6.04 Å². The van der Waals surface area contributed by atoms with Crippen LogP contribution in [0.1, 0.15) is 46.5 Å². The minimum Gasteiger partial charge on any atom is -0.479 e. The lowest BCUT2D eigenvalue weighted by Gasteiger charge is -2.24. The number of aliphatic carboxylic acids is 1. The number of nitrogens with one attached hydrogen (secondary N) is 1. The Bertz CT molecular complexity index is 354. The van der Waals surface area contributed by atoms with Crippen LogP contribution in [0.5, 0.6) is 0 Å². The lowest BCUT2D eigenvalue weighted by Crippen LogP contribution is -2.44. The van der Waals surface area contributed by atoms with Gasteiger partial charge in [-0.05, 0) is 52.0 Å². The topological polar surface area (TPSA) is 75.6 Å². The lowest BCUT2D eigenvalue weighted by atomic mass is 9.94. The number of rotatable bonds is 3. The summed E-state index contributed by atoms with van der Waals surface area (Å²) in [5.41, 5.74) is 0.133. The summed E-state index contributed by atoms with van der Waals surface area (Å²) in [5.74, 6) is -1.05. The molecule has 1 aliphatic carbocycles. The Morgan fingerprint density at radius 1 is 1.39 bits per heavy atom. The van der Waals surface area contributed by atoms with Crippen LogP contribution in [0.3, 0.4) is 0 Å². The number of hydrogen-bond donors (Lipinski definition) is 2. The molecule has 0 bridgehead atoms. The molecule has 0 radical (unpaired) electrons. The standard InChI is InChI=1S/C13H21NO4/c1-13(2,3)18-12(17)14-10(11(15)16)9-7-5-4-6-8-9/h7,10H,4-6,8H2,1-3H3,(H,14,17)(H,15,16). The second kappa shape index (κ2) is 5.89. The lowest BCUT2D eigenvalue weighted by molar-refractivity contribution is -0.138. The van der Waals surface area contributed by atoms with E-state index in [0.29, 0.717) is 6.42 Å². The van der Waals surface area contributed by atoms with Crippen molar-refractivity contribution < 1.29 is 19.4 Å². The summed E-state index contributed by atoms with van der Waals surface area (Å²) in [7, 11) is 0. The van der Waals surface area contributed by atoms with Crippen molar-refractivity contribution in [2.45, 2.75) is 58.1 Å². The predicted molar refractivity (Wildman–Crippen MR) is 67.3 cm³/mol. The zero-order valence-electron chi connectivity index (χ0n) is 11.2. The minimum absolute atomic E-state index is 0.631. The van der Waals surface area contributed by atoms with Crippen LogP contribution in [-0.2, 0) is 9.53 Å². The van der Waals surface area contributed by atoms with E-state index in [1.165, 1.54) is 0 Å². The molecule has 2 N–H and O–H groups in total. The molecule has 0 aromatic heterocycles. The predicted octanol–water partition coefficient (Wildman–Crippen LogP) is 2.46. The van der Waals surface area contributed by atoms with Gasteiger partial charge in [-0.25, -0.2) is 9.59 Å². The fraction of sp³-hybridized carbons (Fsp3) is 0.692. The van der Waals surface area contributed by atoms with Crippen LogP contribution in [0, 0.1) is 0 Å². The van der Waals surface area contributed by atoms with E-state index in [4.69, 9.17) is 9.84 Å². The highest BCUT2D eigenvalue weighted by Gasteiger charge is 2.27. The molecule has 0 aromatic rings. The van der Waals surface area contributed by atoms with Crippen molar-refractivity contribution in [1.29, 1.82) is 0 Å². The first kappa shape index (κ1) is 14.5. The number of carboxylic acid groups (broad SMARTS) is 1. The van der Waals surface area contributed by atoms with Gasteiger partial charge in [0.1, 0.15) is 5.60 Å². The number of carbonyl (C=O) groups excluding carboxylic acids is 1.